The number of anilines is 1. The number of aliphatic hydroxyl groups is 1. The summed E-state index contributed by atoms with van der Waals surface area (Å²) < 4.78 is 5.72. The number of pyridine rings is 1. The predicted octanol–water partition coefficient (Wildman–Crippen LogP) is 0.288. The van der Waals surface area contributed by atoms with E-state index in [0.29, 0.717) is 24.3 Å². The monoisotopic (exact) mass is 294 g/mol. The number of amides is 1. The molecule has 1 saturated heterocycles. The smallest absolute Gasteiger partial charge is 0.257 e. The van der Waals surface area contributed by atoms with Crippen LogP contribution < -0.4 is 11.3 Å². The van der Waals surface area contributed by atoms with Crippen molar-refractivity contribution in [3.63, 3.8) is 0 Å². The highest BCUT2D eigenvalue weighted by molar-refractivity contribution is 5.99. The number of carbonyl (C=O) groups excluding carboxylic acids is 1. The molecule has 1 amide bonds. The number of morpholine rings is 1. The van der Waals surface area contributed by atoms with Gasteiger partial charge in [-0.15, -0.1) is 0 Å². The second-order valence-electron chi connectivity index (χ2n) is 5.88. The van der Waals surface area contributed by atoms with Gasteiger partial charge in [-0.3, -0.25) is 15.6 Å². The summed E-state index contributed by atoms with van der Waals surface area (Å²) in [5.41, 5.74) is 3.76. The number of hydrogen-bond donors (Lipinski definition) is 3. The highest BCUT2D eigenvalue weighted by Crippen LogP contribution is 2.24. The van der Waals surface area contributed by atoms with Crippen molar-refractivity contribution >= 4 is 11.6 Å². The molecular weight excluding hydrogens is 272 g/mol. The first kappa shape index (κ1) is 15.7. The second-order valence-corrected chi connectivity index (χ2v) is 5.88. The minimum atomic E-state index is -0.504. The SMILES string of the molecule is Cc1cc(NN)c(C(=O)N2CC(CO)OC(C)(C)C2)cn1. The maximum absolute atomic E-state index is 12.7. The Hall–Kier alpha value is -1.70. The molecule has 2 rings (SSSR count). The maximum Gasteiger partial charge on any atom is 0.257 e. The van der Waals surface area contributed by atoms with Crippen molar-refractivity contribution in [3.05, 3.63) is 23.5 Å². The summed E-state index contributed by atoms with van der Waals surface area (Å²) in [4.78, 5) is 18.5. The van der Waals surface area contributed by atoms with Gasteiger partial charge in [-0.1, -0.05) is 0 Å². The number of nitrogen functional groups attached to an aromatic ring is 1. The van der Waals surface area contributed by atoms with E-state index >= 15 is 0 Å². The van der Waals surface area contributed by atoms with Crippen LogP contribution in [0.25, 0.3) is 0 Å². The number of aryl methyl sites for hydroxylation is 1. The number of nitrogens with zero attached hydrogens (tertiary/aromatic N) is 2. The first-order chi connectivity index (χ1) is 9.86. The van der Waals surface area contributed by atoms with E-state index in [1.165, 1.54) is 6.20 Å². The molecule has 4 N–H and O–H groups in total. The van der Waals surface area contributed by atoms with Crippen molar-refractivity contribution in [1.29, 1.82) is 0 Å². The Bertz CT molecular complexity index is 533. The van der Waals surface area contributed by atoms with Gasteiger partial charge in [-0.05, 0) is 26.8 Å². The van der Waals surface area contributed by atoms with E-state index in [0.717, 1.165) is 5.69 Å². The van der Waals surface area contributed by atoms with Crippen molar-refractivity contribution in [1.82, 2.24) is 9.88 Å². The van der Waals surface area contributed by atoms with Crippen LogP contribution in [0.5, 0.6) is 0 Å². The number of hydrogen-bond acceptors (Lipinski definition) is 6. The van der Waals surface area contributed by atoms with Gasteiger partial charge < -0.3 is 20.2 Å². The molecule has 1 aromatic rings. The molecule has 0 aromatic carbocycles. The Kier molecular flexibility index (Phi) is 4.46. The zero-order chi connectivity index (χ0) is 15.6. The molecule has 0 spiro atoms. The van der Waals surface area contributed by atoms with Crippen molar-refractivity contribution in [2.75, 3.05) is 25.1 Å². The van der Waals surface area contributed by atoms with Gasteiger partial charge in [0, 0.05) is 25.0 Å². The standard InChI is InChI=1S/C14H22N4O3/c1-9-4-12(17-15)11(5-16-9)13(20)18-6-10(7-19)21-14(2,3)8-18/h4-5,10,19H,6-8,15H2,1-3H3,(H,16,17). The molecule has 0 aliphatic carbocycles. The van der Waals surface area contributed by atoms with E-state index in [9.17, 15) is 9.90 Å². The number of nitrogens with one attached hydrogen (secondary N) is 1. The van der Waals surface area contributed by atoms with E-state index in [1.54, 1.807) is 11.0 Å². The fraction of sp³-hybridized carbons (Fsp3) is 0.571. The summed E-state index contributed by atoms with van der Waals surface area (Å²) in [5.74, 6) is 5.30. The Morgan fingerprint density at radius 3 is 3.00 bits per heavy atom. The zero-order valence-corrected chi connectivity index (χ0v) is 12.6. The van der Waals surface area contributed by atoms with E-state index < -0.39 is 5.60 Å². The molecular formula is C14H22N4O3. The highest BCUT2D eigenvalue weighted by atomic mass is 16.5. The zero-order valence-electron chi connectivity index (χ0n) is 12.6. The Morgan fingerprint density at radius 1 is 1.67 bits per heavy atom. The number of aliphatic hydroxyl groups excluding tert-OH is 1. The lowest BCUT2D eigenvalue weighted by atomic mass is 10.0. The van der Waals surface area contributed by atoms with Crippen LogP contribution in [0.4, 0.5) is 5.69 Å². The van der Waals surface area contributed by atoms with Crippen molar-refractivity contribution in [2.24, 2.45) is 5.84 Å². The number of nitrogens with two attached hydrogens (primary N) is 1. The summed E-state index contributed by atoms with van der Waals surface area (Å²) in [7, 11) is 0. The predicted molar refractivity (Wildman–Crippen MR) is 78.7 cm³/mol. The Balaban J connectivity index is 2.27. The lowest BCUT2D eigenvalue weighted by molar-refractivity contribution is -0.139. The second kappa shape index (κ2) is 5.97. The topological polar surface area (TPSA) is 101 Å². The molecule has 21 heavy (non-hydrogen) atoms. The average Bonchev–Trinajstić information content (AvgIpc) is 2.44. The molecule has 7 nitrogen and oxygen atoms in total. The molecule has 1 aliphatic rings. The van der Waals surface area contributed by atoms with E-state index in [-0.39, 0.29) is 18.6 Å². The highest BCUT2D eigenvalue weighted by Gasteiger charge is 2.36. The van der Waals surface area contributed by atoms with Crippen molar-refractivity contribution < 1.29 is 14.6 Å². The molecule has 0 bridgehead atoms. The van der Waals surface area contributed by atoms with Gasteiger partial charge in [0.15, 0.2) is 0 Å². The van der Waals surface area contributed by atoms with Crippen molar-refractivity contribution in [3.8, 4) is 0 Å². The third kappa shape index (κ3) is 3.49. The van der Waals surface area contributed by atoms with Crippen LogP contribution in [0.2, 0.25) is 0 Å². The number of ether oxygens (including phenoxy) is 1. The number of rotatable bonds is 3. The largest absolute Gasteiger partial charge is 0.394 e. The van der Waals surface area contributed by atoms with Crippen LogP contribution in [0, 0.1) is 6.92 Å². The molecule has 0 saturated carbocycles. The van der Waals surface area contributed by atoms with Crippen LogP contribution in [0.15, 0.2) is 12.3 Å². The minimum absolute atomic E-state index is 0.124. The number of carbonyl (C=O) groups is 1. The number of aromatic nitrogens is 1. The van der Waals surface area contributed by atoms with E-state index in [4.69, 9.17) is 10.6 Å². The molecule has 2 heterocycles. The van der Waals surface area contributed by atoms with Gasteiger partial charge in [-0.25, -0.2) is 0 Å². The quantitative estimate of drug-likeness (QED) is 0.547. The fourth-order valence-corrected chi connectivity index (χ4v) is 2.57. The lowest BCUT2D eigenvalue weighted by Crippen LogP contribution is -2.55. The summed E-state index contributed by atoms with van der Waals surface area (Å²) in [6, 6.07) is 1.72. The Labute approximate surface area is 124 Å². The summed E-state index contributed by atoms with van der Waals surface area (Å²) >= 11 is 0. The summed E-state index contributed by atoms with van der Waals surface area (Å²) in [5, 5.41) is 9.32. The van der Waals surface area contributed by atoms with Gasteiger partial charge in [0.1, 0.15) is 0 Å². The summed E-state index contributed by atoms with van der Waals surface area (Å²) in [6.45, 7) is 6.28. The van der Waals surface area contributed by atoms with Gasteiger partial charge in [0.05, 0.1) is 29.6 Å². The molecule has 1 aromatic heterocycles. The normalized spacial score (nSPS) is 21.2. The van der Waals surface area contributed by atoms with Crippen LogP contribution in [0.3, 0.4) is 0 Å². The molecule has 7 heteroatoms. The van der Waals surface area contributed by atoms with E-state index in [2.05, 4.69) is 10.4 Å². The lowest BCUT2D eigenvalue weighted by Gasteiger charge is -2.42. The molecule has 1 unspecified atom stereocenters. The van der Waals surface area contributed by atoms with Gasteiger partial charge in [0.25, 0.3) is 5.91 Å². The maximum atomic E-state index is 12.7. The molecule has 116 valence electrons. The first-order valence-electron chi connectivity index (χ1n) is 6.87. The van der Waals surface area contributed by atoms with Crippen LogP contribution in [-0.2, 0) is 4.74 Å². The summed E-state index contributed by atoms with van der Waals surface area (Å²) in [6.07, 6.45) is 1.13. The van der Waals surface area contributed by atoms with Crippen LogP contribution >= 0.6 is 0 Å². The first-order valence-corrected chi connectivity index (χ1v) is 6.87. The van der Waals surface area contributed by atoms with E-state index in [1.807, 2.05) is 20.8 Å². The fourth-order valence-electron chi connectivity index (χ4n) is 2.57. The minimum Gasteiger partial charge on any atom is -0.394 e. The third-order valence-corrected chi connectivity index (χ3v) is 3.40. The van der Waals surface area contributed by atoms with Gasteiger partial charge >= 0.3 is 0 Å². The van der Waals surface area contributed by atoms with Gasteiger partial charge in [-0.2, -0.15) is 0 Å². The molecule has 1 aliphatic heterocycles. The molecule has 1 atom stereocenters. The van der Waals surface area contributed by atoms with Crippen LogP contribution in [-0.4, -0.2) is 52.3 Å². The Morgan fingerprint density at radius 2 is 2.38 bits per heavy atom. The molecule has 0 radical (unpaired) electrons. The van der Waals surface area contributed by atoms with Crippen molar-refractivity contribution in [2.45, 2.75) is 32.5 Å². The average molecular weight is 294 g/mol. The third-order valence-electron chi connectivity index (χ3n) is 3.40. The van der Waals surface area contributed by atoms with Crippen LogP contribution in [0.1, 0.15) is 29.9 Å². The van der Waals surface area contributed by atoms with Gasteiger partial charge in [0.2, 0.25) is 0 Å². The molecule has 1 fully saturated rings. The number of hydrazine groups is 1.